The van der Waals surface area contributed by atoms with E-state index in [0.717, 1.165) is 44.1 Å². The number of amides is 1. The highest BCUT2D eigenvalue weighted by Gasteiger charge is 2.32. The Kier molecular flexibility index (Phi) is 4.13. The molecule has 25 heavy (non-hydrogen) atoms. The number of anilines is 2. The lowest BCUT2D eigenvalue weighted by Crippen LogP contribution is -2.45. The van der Waals surface area contributed by atoms with Crippen molar-refractivity contribution in [2.75, 3.05) is 43.0 Å². The number of hydrogen-bond donors (Lipinski definition) is 0. The molecule has 3 heterocycles. The predicted octanol–water partition coefficient (Wildman–Crippen LogP) is 1.82. The molecule has 1 saturated heterocycles. The lowest BCUT2D eigenvalue weighted by atomic mass is 10.1. The zero-order valence-corrected chi connectivity index (χ0v) is 14.7. The molecule has 2 aliphatic heterocycles. The standard InChI is InChI=1S/C19H23N5O/c1-14-11-15-5-3-4-6-17(15)24(14)19(25)16-12-18(21-13-20-16)23-9-7-22(2)8-10-23/h3-6,12-14H,7-11H2,1-2H3. The van der Waals surface area contributed by atoms with Crippen LogP contribution in [0.1, 0.15) is 23.0 Å². The first-order valence-electron chi connectivity index (χ1n) is 8.80. The fourth-order valence-electron chi connectivity index (χ4n) is 3.67. The summed E-state index contributed by atoms with van der Waals surface area (Å²) in [7, 11) is 2.12. The Labute approximate surface area is 148 Å². The Hall–Kier alpha value is -2.47. The highest BCUT2D eigenvalue weighted by atomic mass is 16.2. The average Bonchev–Trinajstić information content (AvgIpc) is 2.97. The van der Waals surface area contributed by atoms with Crippen LogP contribution in [0.4, 0.5) is 11.5 Å². The van der Waals surface area contributed by atoms with E-state index in [4.69, 9.17) is 0 Å². The van der Waals surface area contributed by atoms with Gasteiger partial charge in [-0.3, -0.25) is 4.79 Å². The van der Waals surface area contributed by atoms with Crippen LogP contribution in [0.5, 0.6) is 0 Å². The predicted molar refractivity (Wildman–Crippen MR) is 98.2 cm³/mol. The summed E-state index contributed by atoms with van der Waals surface area (Å²) in [5.41, 5.74) is 2.68. The minimum absolute atomic E-state index is 0.0461. The Morgan fingerprint density at radius 1 is 1.12 bits per heavy atom. The summed E-state index contributed by atoms with van der Waals surface area (Å²) in [4.78, 5) is 28.2. The smallest absolute Gasteiger partial charge is 0.277 e. The van der Waals surface area contributed by atoms with E-state index in [9.17, 15) is 4.79 Å². The zero-order valence-electron chi connectivity index (χ0n) is 14.7. The van der Waals surface area contributed by atoms with Crippen LogP contribution >= 0.6 is 0 Å². The Bertz CT molecular complexity index is 785. The van der Waals surface area contributed by atoms with Gasteiger partial charge in [-0.1, -0.05) is 18.2 Å². The van der Waals surface area contributed by atoms with Crippen LogP contribution < -0.4 is 9.80 Å². The van der Waals surface area contributed by atoms with E-state index in [1.807, 2.05) is 29.2 Å². The summed E-state index contributed by atoms with van der Waals surface area (Å²) < 4.78 is 0. The first kappa shape index (κ1) is 16.0. The summed E-state index contributed by atoms with van der Waals surface area (Å²) in [6.07, 6.45) is 2.39. The molecule has 1 aromatic heterocycles. The largest absolute Gasteiger partial charge is 0.354 e. The second-order valence-corrected chi connectivity index (χ2v) is 6.91. The summed E-state index contributed by atoms with van der Waals surface area (Å²) >= 11 is 0. The molecule has 1 amide bonds. The van der Waals surface area contributed by atoms with Gasteiger partial charge in [0.1, 0.15) is 17.8 Å². The molecule has 2 aliphatic rings. The van der Waals surface area contributed by atoms with Gasteiger partial charge < -0.3 is 14.7 Å². The average molecular weight is 337 g/mol. The number of aromatic nitrogens is 2. The Morgan fingerprint density at radius 3 is 2.68 bits per heavy atom. The summed E-state index contributed by atoms with van der Waals surface area (Å²) in [5.74, 6) is 0.793. The second kappa shape index (κ2) is 6.44. The molecule has 1 unspecified atom stereocenters. The van der Waals surface area contributed by atoms with E-state index in [1.165, 1.54) is 11.9 Å². The number of rotatable bonds is 2. The molecular formula is C19H23N5O. The molecule has 6 nitrogen and oxygen atoms in total. The first-order chi connectivity index (χ1) is 12.1. The SMILES string of the molecule is CC1Cc2ccccc2N1C(=O)c1cc(N2CCN(C)CC2)ncn1. The van der Waals surface area contributed by atoms with Crippen LogP contribution in [0.15, 0.2) is 36.7 Å². The lowest BCUT2D eigenvalue weighted by Gasteiger charge is -2.33. The number of fused-ring (bicyclic) bond motifs is 1. The normalized spacial score (nSPS) is 20.6. The van der Waals surface area contributed by atoms with Gasteiger partial charge in [-0.25, -0.2) is 9.97 Å². The number of para-hydroxylation sites is 1. The first-order valence-corrected chi connectivity index (χ1v) is 8.80. The molecule has 1 atom stereocenters. The minimum Gasteiger partial charge on any atom is -0.354 e. The number of benzene rings is 1. The molecule has 0 saturated carbocycles. The monoisotopic (exact) mass is 337 g/mol. The molecule has 6 heteroatoms. The highest BCUT2D eigenvalue weighted by molar-refractivity contribution is 6.06. The quantitative estimate of drug-likeness (QED) is 0.837. The van der Waals surface area contributed by atoms with Crippen molar-refractivity contribution in [3.05, 3.63) is 47.9 Å². The third kappa shape index (κ3) is 2.98. The van der Waals surface area contributed by atoms with Gasteiger partial charge in [-0.2, -0.15) is 0 Å². The fourth-order valence-corrected chi connectivity index (χ4v) is 3.67. The van der Waals surface area contributed by atoms with Crippen LogP contribution in [-0.2, 0) is 6.42 Å². The summed E-state index contributed by atoms with van der Waals surface area (Å²) in [6.45, 7) is 5.93. The number of carbonyl (C=O) groups is 1. The Morgan fingerprint density at radius 2 is 1.88 bits per heavy atom. The lowest BCUT2D eigenvalue weighted by molar-refractivity contribution is 0.0976. The molecule has 0 aliphatic carbocycles. The maximum Gasteiger partial charge on any atom is 0.277 e. The molecule has 0 spiro atoms. The van der Waals surface area contributed by atoms with Gasteiger partial charge in [-0.05, 0) is 32.0 Å². The zero-order chi connectivity index (χ0) is 17.4. The van der Waals surface area contributed by atoms with Gasteiger partial charge in [-0.15, -0.1) is 0 Å². The fraction of sp³-hybridized carbons (Fsp3) is 0.421. The van der Waals surface area contributed by atoms with Crippen molar-refractivity contribution in [1.29, 1.82) is 0 Å². The molecule has 0 radical (unpaired) electrons. The molecule has 0 N–H and O–H groups in total. The number of likely N-dealkylation sites (N-methyl/N-ethyl adjacent to an activating group) is 1. The summed E-state index contributed by atoms with van der Waals surface area (Å²) in [5, 5.41) is 0. The molecule has 1 aromatic carbocycles. The van der Waals surface area contributed by atoms with Crippen LogP contribution in [-0.4, -0.2) is 60.0 Å². The topological polar surface area (TPSA) is 52.6 Å². The van der Waals surface area contributed by atoms with E-state index in [2.05, 4.69) is 39.8 Å². The number of hydrogen-bond acceptors (Lipinski definition) is 5. The third-order valence-corrected chi connectivity index (χ3v) is 5.13. The molecule has 1 fully saturated rings. The van der Waals surface area contributed by atoms with Crippen LogP contribution in [0.25, 0.3) is 0 Å². The van der Waals surface area contributed by atoms with Crippen molar-refractivity contribution >= 4 is 17.4 Å². The van der Waals surface area contributed by atoms with Crippen LogP contribution in [0.3, 0.4) is 0 Å². The van der Waals surface area contributed by atoms with Crippen molar-refractivity contribution < 1.29 is 4.79 Å². The molecule has 2 aromatic rings. The maximum absolute atomic E-state index is 13.1. The summed E-state index contributed by atoms with van der Waals surface area (Å²) in [6, 6.07) is 10.1. The van der Waals surface area contributed by atoms with E-state index in [1.54, 1.807) is 0 Å². The molecule has 4 rings (SSSR count). The van der Waals surface area contributed by atoms with Crippen LogP contribution in [0.2, 0.25) is 0 Å². The van der Waals surface area contributed by atoms with Gasteiger partial charge >= 0.3 is 0 Å². The van der Waals surface area contributed by atoms with Gasteiger partial charge in [0.2, 0.25) is 0 Å². The van der Waals surface area contributed by atoms with Crippen molar-refractivity contribution in [2.24, 2.45) is 0 Å². The van der Waals surface area contributed by atoms with E-state index < -0.39 is 0 Å². The van der Waals surface area contributed by atoms with Crippen molar-refractivity contribution in [3.8, 4) is 0 Å². The molecule has 130 valence electrons. The van der Waals surface area contributed by atoms with E-state index in [0.29, 0.717) is 5.69 Å². The molecular weight excluding hydrogens is 314 g/mol. The van der Waals surface area contributed by atoms with Crippen molar-refractivity contribution in [3.63, 3.8) is 0 Å². The number of carbonyl (C=O) groups excluding carboxylic acids is 1. The second-order valence-electron chi connectivity index (χ2n) is 6.91. The van der Waals surface area contributed by atoms with Gasteiger partial charge in [0.15, 0.2) is 0 Å². The molecule has 0 bridgehead atoms. The van der Waals surface area contributed by atoms with Gasteiger partial charge in [0.05, 0.1) is 0 Å². The Balaban J connectivity index is 1.60. The van der Waals surface area contributed by atoms with Crippen molar-refractivity contribution in [1.82, 2.24) is 14.9 Å². The third-order valence-electron chi connectivity index (χ3n) is 5.13. The number of piperazine rings is 1. The maximum atomic E-state index is 13.1. The van der Waals surface area contributed by atoms with Crippen LogP contribution in [0, 0.1) is 0 Å². The van der Waals surface area contributed by atoms with Crippen molar-refractivity contribution in [2.45, 2.75) is 19.4 Å². The van der Waals surface area contributed by atoms with Gasteiger partial charge in [0.25, 0.3) is 5.91 Å². The van der Waals surface area contributed by atoms with Gasteiger partial charge in [0, 0.05) is 44.0 Å². The minimum atomic E-state index is -0.0461. The van der Waals surface area contributed by atoms with E-state index in [-0.39, 0.29) is 11.9 Å². The van der Waals surface area contributed by atoms with E-state index >= 15 is 0 Å². The number of nitrogens with zero attached hydrogens (tertiary/aromatic N) is 5. The highest BCUT2D eigenvalue weighted by Crippen LogP contribution is 2.33.